The maximum atomic E-state index is 9.80. The van der Waals surface area contributed by atoms with Crippen LogP contribution in [0.2, 0.25) is 0 Å². The van der Waals surface area contributed by atoms with Gasteiger partial charge >= 0.3 is 0 Å². The van der Waals surface area contributed by atoms with Gasteiger partial charge in [-0.3, -0.25) is 0 Å². The van der Waals surface area contributed by atoms with Crippen molar-refractivity contribution < 1.29 is 5.11 Å². The molecule has 14 heavy (non-hydrogen) atoms. The van der Waals surface area contributed by atoms with Gasteiger partial charge in [-0.05, 0) is 5.56 Å². The quantitative estimate of drug-likeness (QED) is 0.784. The summed E-state index contributed by atoms with van der Waals surface area (Å²) in [5.41, 5.74) is 0.892. The van der Waals surface area contributed by atoms with Gasteiger partial charge in [0, 0.05) is 6.20 Å². The molecule has 1 heterocycles. The Morgan fingerprint density at radius 3 is 2.71 bits per heavy atom. The van der Waals surface area contributed by atoms with Crippen LogP contribution in [0, 0.1) is 0 Å². The number of aliphatic hydroxyl groups excluding tert-OH is 1. The molecule has 0 aliphatic rings. The monoisotopic (exact) mass is 189 g/mol. The molecule has 0 saturated carbocycles. The second-order valence-electron chi connectivity index (χ2n) is 3.05. The first-order chi connectivity index (χ1) is 6.86. The Kier molecular flexibility index (Phi) is 2.55. The fourth-order valence-corrected chi connectivity index (χ4v) is 1.29. The van der Waals surface area contributed by atoms with Crippen molar-refractivity contribution in [3.8, 4) is 0 Å². The summed E-state index contributed by atoms with van der Waals surface area (Å²) in [6, 6.07) is 9.51. The molecule has 0 saturated heterocycles. The first kappa shape index (κ1) is 8.90. The van der Waals surface area contributed by atoms with Crippen molar-refractivity contribution in [1.29, 1.82) is 0 Å². The molecule has 72 valence electrons. The van der Waals surface area contributed by atoms with Crippen LogP contribution < -0.4 is 0 Å². The fraction of sp³-hybridized carbons (Fsp3) is 0.200. The predicted molar refractivity (Wildman–Crippen MR) is 51.4 cm³/mol. The van der Waals surface area contributed by atoms with E-state index in [9.17, 15) is 5.11 Å². The van der Waals surface area contributed by atoms with E-state index >= 15 is 0 Å². The molecule has 1 atom stereocenters. The van der Waals surface area contributed by atoms with Crippen LogP contribution in [-0.4, -0.2) is 20.1 Å². The molecule has 4 heteroatoms. The van der Waals surface area contributed by atoms with Gasteiger partial charge in [-0.1, -0.05) is 35.5 Å². The van der Waals surface area contributed by atoms with Crippen LogP contribution in [0.1, 0.15) is 11.7 Å². The Morgan fingerprint density at radius 2 is 2.07 bits per heavy atom. The summed E-state index contributed by atoms with van der Waals surface area (Å²) in [6.07, 6.45) is 2.79. The molecule has 1 unspecified atom stereocenters. The summed E-state index contributed by atoms with van der Waals surface area (Å²) in [6.45, 7) is 0.435. The SMILES string of the molecule is OC(Cn1ccnn1)c1ccccc1. The minimum absolute atomic E-state index is 0.435. The van der Waals surface area contributed by atoms with E-state index in [0.29, 0.717) is 6.54 Å². The summed E-state index contributed by atoms with van der Waals surface area (Å²) in [5, 5.41) is 17.3. The van der Waals surface area contributed by atoms with Gasteiger partial charge in [0.15, 0.2) is 0 Å². The molecule has 1 N–H and O–H groups in total. The average molecular weight is 189 g/mol. The third-order valence-corrected chi connectivity index (χ3v) is 2.02. The van der Waals surface area contributed by atoms with Crippen molar-refractivity contribution in [2.45, 2.75) is 12.6 Å². The average Bonchev–Trinajstić information content (AvgIpc) is 2.72. The number of nitrogens with zero attached hydrogens (tertiary/aromatic N) is 3. The lowest BCUT2D eigenvalue weighted by molar-refractivity contribution is 0.150. The van der Waals surface area contributed by atoms with E-state index < -0.39 is 6.10 Å². The van der Waals surface area contributed by atoms with Gasteiger partial charge in [-0.15, -0.1) is 5.10 Å². The van der Waals surface area contributed by atoms with E-state index in [1.807, 2.05) is 30.3 Å². The molecule has 0 bridgehead atoms. The maximum absolute atomic E-state index is 9.80. The van der Waals surface area contributed by atoms with Crippen LogP contribution in [0.25, 0.3) is 0 Å². The number of aliphatic hydroxyl groups is 1. The summed E-state index contributed by atoms with van der Waals surface area (Å²) in [7, 11) is 0. The second-order valence-corrected chi connectivity index (χ2v) is 3.05. The fourth-order valence-electron chi connectivity index (χ4n) is 1.29. The van der Waals surface area contributed by atoms with Crippen molar-refractivity contribution in [1.82, 2.24) is 15.0 Å². The van der Waals surface area contributed by atoms with Crippen LogP contribution in [-0.2, 0) is 6.54 Å². The molecule has 0 amide bonds. The van der Waals surface area contributed by atoms with Gasteiger partial charge in [0.2, 0.25) is 0 Å². The summed E-state index contributed by atoms with van der Waals surface area (Å²) >= 11 is 0. The third kappa shape index (κ3) is 1.97. The first-order valence-electron chi connectivity index (χ1n) is 4.43. The number of aromatic nitrogens is 3. The Labute approximate surface area is 81.8 Å². The molecule has 0 spiro atoms. The largest absolute Gasteiger partial charge is 0.386 e. The zero-order valence-corrected chi connectivity index (χ0v) is 7.61. The Balaban J connectivity index is 2.07. The van der Waals surface area contributed by atoms with Crippen LogP contribution in [0.5, 0.6) is 0 Å². The molecule has 0 radical (unpaired) electrons. The van der Waals surface area contributed by atoms with Gasteiger partial charge in [-0.2, -0.15) is 0 Å². The van der Waals surface area contributed by atoms with E-state index in [1.54, 1.807) is 17.1 Å². The lowest BCUT2D eigenvalue weighted by atomic mass is 10.1. The van der Waals surface area contributed by atoms with E-state index in [-0.39, 0.29) is 0 Å². The zero-order valence-electron chi connectivity index (χ0n) is 7.61. The van der Waals surface area contributed by atoms with Crippen LogP contribution in [0.15, 0.2) is 42.7 Å². The van der Waals surface area contributed by atoms with Gasteiger partial charge in [0.1, 0.15) is 0 Å². The molecule has 0 aliphatic heterocycles. The lowest BCUT2D eigenvalue weighted by Crippen LogP contribution is -2.09. The predicted octanol–water partition coefficient (Wildman–Crippen LogP) is 1.01. The third-order valence-electron chi connectivity index (χ3n) is 2.02. The molecule has 2 aromatic rings. The van der Waals surface area contributed by atoms with E-state index in [4.69, 9.17) is 0 Å². The summed E-state index contributed by atoms with van der Waals surface area (Å²) in [4.78, 5) is 0. The molecular weight excluding hydrogens is 178 g/mol. The number of benzene rings is 1. The van der Waals surface area contributed by atoms with Crippen LogP contribution in [0.3, 0.4) is 0 Å². The van der Waals surface area contributed by atoms with Crippen molar-refractivity contribution >= 4 is 0 Å². The highest BCUT2D eigenvalue weighted by Gasteiger charge is 2.07. The molecule has 0 fully saturated rings. The maximum Gasteiger partial charge on any atom is 0.0986 e. The molecule has 2 rings (SSSR count). The standard InChI is InChI=1S/C10H11N3O/c14-10(8-13-7-6-11-12-13)9-4-2-1-3-5-9/h1-7,10,14H,8H2. The van der Waals surface area contributed by atoms with E-state index in [1.165, 1.54) is 0 Å². The topological polar surface area (TPSA) is 50.9 Å². The van der Waals surface area contributed by atoms with Gasteiger partial charge < -0.3 is 5.11 Å². The zero-order chi connectivity index (χ0) is 9.80. The van der Waals surface area contributed by atoms with Crippen molar-refractivity contribution in [2.24, 2.45) is 0 Å². The molecule has 1 aromatic carbocycles. The minimum atomic E-state index is -0.530. The molecule has 0 aliphatic carbocycles. The normalized spacial score (nSPS) is 12.6. The second kappa shape index (κ2) is 4.02. The number of rotatable bonds is 3. The van der Waals surface area contributed by atoms with Crippen LogP contribution >= 0.6 is 0 Å². The van der Waals surface area contributed by atoms with Crippen molar-refractivity contribution in [3.05, 3.63) is 48.3 Å². The Hall–Kier alpha value is -1.68. The van der Waals surface area contributed by atoms with E-state index in [2.05, 4.69) is 10.3 Å². The smallest absolute Gasteiger partial charge is 0.0986 e. The molecule has 1 aromatic heterocycles. The van der Waals surface area contributed by atoms with Crippen molar-refractivity contribution in [3.63, 3.8) is 0 Å². The summed E-state index contributed by atoms with van der Waals surface area (Å²) in [5.74, 6) is 0. The van der Waals surface area contributed by atoms with Gasteiger partial charge in [0.25, 0.3) is 0 Å². The van der Waals surface area contributed by atoms with Crippen molar-refractivity contribution in [2.75, 3.05) is 0 Å². The van der Waals surface area contributed by atoms with Gasteiger partial charge in [0.05, 0.1) is 18.8 Å². The highest BCUT2D eigenvalue weighted by molar-refractivity contribution is 5.16. The Morgan fingerprint density at radius 1 is 1.29 bits per heavy atom. The molecule has 4 nitrogen and oxygen atoms in total. The molecular formula is C10H11N3O. The van der Waals surface area contributed by atoms with E-state index in [0.717, 1.165) is 5.56 Å². The highest BCUT2D eigenvalue weighted by atomic mass is 16.3. The minimum Gasteiger partial charge on any atom is -0.386 e. The lowest BCUT2D eigenvalue weighted by Gasteiger charge is -2.09. The van der Waals surface area contributed by atoms with Crippen LogP contribution in [0.4, 0.5) is 0 Å². The number of hydrogen-bond acceptors (Lipinski definition) is 3. The Bertz CT molecular complexity index is 372. The highest BCUT2D eigenvalue weighted by Crippen LogP contribution is 2.13. The summed E-state index contributed by atoms with van der Waals surface area (Å²) < 4.78 is 1.61. The first-order valence-corrected chi connectivity index (χ1v) is 4.43. The number of hydrogen-bond donors (Lipinski definition) is 1. The van der Waals surface area contributed by atoms with Gasteiger partial charge in [-0.25, -0.2) is 4.68 Å².